The molecule has 2 fully saturated rings. The fraction of sp³-hybridized carbons (Fsp3) is 0.700. The van der Waals surface area contributed by atoms with Crippen molar-refractivity contribution in [2.45, 2.75) is 58.8 Å². The van der Waals surface area contributed by atoms with Gasteiger partial charge in [-0.2, -0.15) is 0 Å². The second kappa shape index (κ2) is 4.66. The SMILES string of the molecule is CC12CCC3C(CC=CC4=CC(=O)CCC43C)C1CCC2=N. The molecular weight excluding hydrogens is 270 g/mol. The van der Waals surface area contributed by atoms with Crippen LogP contribution in [0.3, 0.4) is 0 Å². The van der Waals surface area contributed by atoms with Gasteiger partial charge in [-0.05, 0) is 73.3 Å². The van der Waals surface area contributed by atoms with Crippen molar-refractivity contribution < 1.29 is 4.79 Å². The van der Waals surface area contributed by atoms with Gasteiger partial charge in [0.2, 0.25) is 0 Å². The molecule has 2 heteroatoms. The Balaban J connectivity index is 1.75. The lowest BCUT2D eigenvalue weighted by Crippen LogP contribution is -2.47. The Morgan fingerprint density at radius 2 is 1.86 bits per heavy atom. The molecule has 0 bridgehead atoms. The lowest BCUT2D eigenvalue weighted by atomic mass is 9.51. The van der Waals surface area contributed by atoms with Gasteiger partial charge in [-0.3, -0.25) is 4.79 Å². The number of hydrogen-bond donors (Lipinski definition) is 1. The van der Waals surface area contributed by atoms with Gasteiger partial charge < -0.3 is 5.41 Å². The van der Waals surface area contributed by atoms with Crippen molar-refractivity contribution in [2.24, 2.45) is 28.6 Å². The lowest BCUT2D eigenvalue weighted by Gasteiger charge is -2.52. The Hall–Kier alpha value is -1.18. The van der Waals surface area contributed by atoms with Gasteiger partial charge in [0.15, 0.2) is 5.78 Å². The van der Waals surface area contributed by atoms with Crippen molar-refractivity contribution in [3.8, 4) is 0 Å². The minimum absolute atomic E-state index is 0.157. The number of ketones is 1. The average molecular weight is 297 g/mol. The third-order valence-corrected chi connectivity index (χ3v) is 7.61. The molecule has 0 heterocycles. The van der Waals surface area contributed by atoms with Gasteiger partial charge in [0.25, 0.3) is 0 Å². The fourth-order valence-electron chi connectivity index (χ4n) is 6.15. The van der Waals surface area contributed by atoms with E-state index in [-0.39, 0.29) is 10.8 Å². The number of allylic oxidation sites excluding steroid dienone is 4. The molecule has 5 unspecified atom stereocenters. The highest BCUT2D eigenvalue weighted by Crippen LogP contribution is 2.62. The van der Waals surface area contributed by atoms with Crippen LogP contribution < -0.4 is 0 Å². The zero-order chi connectivity index (χ0) is 15.5. The smallest absolute Gasteiger partial charge is 0.156 e. The van der Waals surface area contributed by atoms with Crippen LogP contribution >= 0.6 is 0 Å². The summed E-state index contributed by atoms with van der Waals surface area (Å²) in [6.45, 7) is 4.75. The van der Waals surface area contributed by atoms with Gasteiger partial charge >= 0.3 is 0 Å². The van der Waals surface area contributed by atoms with Gasteiger partial charge in [-0.1, -0.05) is 26.0 Å². The predicted molar refractivity (Wildman–Crippen MR) is 89.0 cm³/mol. The minimum atomic E-state index is 0.157. The third kappa shape index (κ3) is 1.79. The van der Waals surface area contributed by atoms with Crippen molar-refractivity contribution in [1.82, 2.24) is 0 Å². The molecule has 0 saturated heterocycles. The lowest BCUT2D eigenvalue weighted by molar-refractivity contribution is -0.116. The monoisotopic (exact) mass is 297 g/mol. The molecule has 22 heavy (non-hydrogen) atoms. The Bertz CT molecular complexity index is 601. The molecule has 0 aromatic heterocycles. The Morgan fingerprint density at radius 1 is 1.09 bits per heavy atom. The van der Waals surface area contributed by atoms with Crippen molar-refractivity contribution in [2.75, 3.05) is 0 Å². The van der Waals surface area contributed by atoms with Crippen LogP contribution in [-0.4, -0.2) is 11.5 Å². The van der Waals surface area contributed by atoms with Crippen LogP contribution in [0.5, 0.6) is 0 Å². The highest BCUT2D eigenvalue weighted by atomic mass is 16.1. The molecule has 2 saturated carbocycles. The van der Waals surface area contributed by atoms with Crippen molar-refractivity contribution in [3.05, 3.63) is 23.8 Å². The molecule has 0 radical (unpaired) electrons. The molecule has 4 aliphatic carbocycles. The first kappa shape index (κ1) is 14.4. The quantitative estimate of drug-likeness (QED) is 0.691. The summed E-state index contributed by atoms with van der Waals surface area (Å²) < 4.78 is 0. The van der Waals surface area contributed by atoms with Gasteiger partial charge in [-0.15, -0.1) is 0 Å². The normalized spacial score (nSPS) is 47.4. The van der Waals surface area contributed by atoms with Gasteiger partial charge in [0, 0.05) is 17.5 Å². The average Bonchev–Trinajstić information content (AvgIpc) is 2.70. The summed E-state index contributed by atoms with van der Waals surface area (Å²) in [5, 5.41) is 8.41. The van der Waals surface area contributed by atoms with E-state index in [0.717, 1.165) is 31.4 Å². The maximum absolute atomic E-state index is 11.9. The number of rotatable bonds is 0. The summed E-state index contributed by atoms with van der Waals surface area (Å²) in [7, 11) is 0. The Labute approximate surface area is 133 Å². The van der Waals surface area contributed by atoms with E-state index < -0.39 is 0 Å². The predicted octanol–water partition coefficient (Wildman–Crippen LogP) is 4.70. The largest absolute Gasteiger partial charge is 0.309 e. The molecular formula is C20H27NO. The van der Waals surface area contributed by atoms with Crippen molar-refractivity contribution in [3.63, 3.8) is 0 Å². The summed E-state index contributed by atoms with van der Waals surface area (Å²) in [4.78, 5) is 11.9. The van der Waals surface area contributed by atoms with E-state index >= 15 is 0 Å². The Morgan fingerprint density at radius 3 is 2.68 bits per heavy atom. The summed E-state index contributed by atoms with van der Waals surface area (Å²) in [5.41, 5.74) is 2.62. The molecule has 4 rings (SSSR count). The number of carbonyl (C=O) groups is 1. The molecule has 0 amide bonds. The number of fused-ring (bicyclic) bond motifs is 5. The molecule has 0 aliphatic heterocycles. The van der Waals surface area contributed by atoms with Crippen LogP contribution in [0.15, 0.2) is 23.8 Å². The number of hydrogen-bond acceptors (Lipinski definition) is 2. The zero-order valence-corrected chi connectivity index (χ0v) is 13.8. The van der Waals surface area contributed by atoms with E-state index in [2.05, 4.69) is 26.0 Å². The highest BCUT2D eigenvalue weighted by molar-refractivity contribution is 5.92. The summed E-state index contributed by atoms with van der Waals surface area (Å²) in [6.07, 6.45) is 14.0. The maximum Gasteiger partial charge on any atom is 0.156 e. The topological polar surface area (TPSA) is 40.9 Å². The van der Waals surface area contributed by atoms with Crippen LogP contribution in [-0.2, 0) is 4.79 Å². The number of carbonyl (C=O) groups excluding carboxylic acids is 1. The molecule has 0 spiro atoms. The third-order valence-electron chi connectivity index (χ3n) is 7.61. The first-order chi connectivity index (χ1) is 10.4. The van der Waals surface area contributed by atoms with Gasteiger partial charge in [-0.25, -0.2) is 0 Å². The van der Waals surface area contributed by atoms with E-state index in [4.69, 9.17) is 5.41 Å². The van der Waals surface area contributed by atoms with Crippen LogP contribution in [0, 0.1) is 34.0 Å². The maximum atomic E-state index is 11.9. The van der Waals surface area contributed by atoms with Crippen LogP contribution in [0.1, 0.15) is 58.8 Å². The fourth-order valence-corrected chi connectivity index (χ4v) is 6.15. The minimum Gasteiger partial charge on any atom is -0.309 e. The summed E-state index contributed by atoms with van der Waals surface area (Å²) in [5.74, 6) is 2.36. The first-order valence-corrected chi connectivity index (χ1v) is 8.94. The van der Waals surface area contributed by atoms with Crippen molar-refractivity contribution in [1.29, 1.82) is 5.41 Å². The van der Waals surface area contributed by atoms with E-state index in [1.54, 1.807) is 0 Å². The molecule has 2 nitrogen and oxygen atoms in total. The van der Waals surface area contributed by atoms with E-state index in [1.165, 1.54) is 24.8 Å². The molecule has 4 aliphatic rings. The molecule has 0 aromatic carbocycles. The van der Waals surface area contributed by atoms with E-state index in [0.29, 0.717) is 23.5 Å². The summed E-state index contributed by atoms with van der Waals surface area (Å²) in [6, 6.07) is 0. The molecule has 1 N–H and O–H groups in total. The standard InChI is InChI=1S/C20H27NO/c1-19-10-8-14(22)12-13(19)4-3-5-15-16-6-7-18(21)20(16,2)11-9-17(15)19/h3-4,12,15-17,21H,5-11H2,1-2H3. The summed E-state index contributed by atoms with van der Waals surface area (Å²) >= 11 is 0. The molecule has 0 aromatic rings. The van der Waals surface area contributed by atoms with Gasteiger partial charge in [0.1, 0.15) is 0 Å². The first-order valence-electron chi connectivity index (χ1n) is 8.94. The van der Waals surface area contributed by atoms with E-state index in [1.807, 2.05) is 6.08 Å². The molecule has 5 atom stereocenters. The van der Waals surface area contributed by atoms with Gasteiger partial charge in [0.05, 0.1) is 0 Å². The molecule has 118 valence electrons. The number of nitrogens with one attached hydrogen (secondary N) is 1. The second-order valence-corrected chi connectivity index (χ2v) is 8.47. The second-order valence-electron chi connectivity index (χ2n) is 8.47. The van der Waals surface area contributed by atoms with E-state index in [9.17, 15) is 4.79 Å². The van der Waals surface area contributed by atoms with Crippen LogP contribution in [0.25, 0.3) is 0 Å². The van der Waals surface area contributed by atoms with Crippen LogP contribution in [0.4, 0.5) is 0 Å². The van der Waals surface area contributed by atoms with Crippen LogP contribution in [0.2, 0.25) is 0 Å². The Kier molecular flexibility index (Phi) is 3.05. The highest BCUT2D eigenvalue weighted by Gasteiger charge is 2.56. The zero-order valence-electron chi connectivity index (χ0n) is 13.8. The van der Waals surface area contributed by atoms with Crippen molar-refractivity contribution >= 4 is 11.5 Å².